The summed E-state index contributed by atoms with van der Waals surface area (Å²) in [6, 6.07) is 0.480. The summed E-state index contributed by atoms with van der Waals surface area (Å²) >= 11 is 4.23. The van der Waals surface area contributed by atoms with Crippen LogP contribution in [0.3, 0.4) is 0 Å². The van der Waals surface area contributed by atoms with Crippen LogP contribution in [0.2, 0.25) is 0 Å². The lowest BCUT2D eigenvalue weighted by Gasteiger charge is -2.21. The van der Waals surface area contributed by atoms with E-state index in [1.165, 1.54) is 66.5 Å². The van der Waals surface area contributed by atoms with Crippen LogP contribution in [0.15, 0.2) is 9.13 Å². The minimum atomic E-state index is -0.418. The minimum Gasteiger partial charge on any atom is -0.462 e. The molecule has 1 aliphatic carbocycles. The number of hydrogen-bond donors (Lipinski definition) is 2. The molecule has 4 rings (SSSR count). The van der Waals surface area contributed by atoms with E-state index in [9.17, 15) is 9.59 Å². The summed E-state index contributed by atoms with van der Waals surface area (Å²) in [5.41, 5.74) is 0.371. The zero-order chi connectivity index (χ0) is 22.0. The molecule has 1 aliphatic rings. The molecule has 0 aliphatic heterocycles. The second kappa shape index (κ2) is 9.66. The number of aromatic amines is 1. The van der Waals surface area contributed by atoms with Crippen LogP contribution in [0.1, 0.15) is 72.3 Å². The van der Waals surface area contributed by atoms with E-state index in [1.807, 2.05) is 6.92 Å². The number of aryl methyl sites for hydroxylation is 1. The normalized spacial score (nSPS) is 15.8. The molecule has 1 fully saturated rings. The van der Waals surface area contributed by atoms with Gasteiger partial charge in [-0.1, -0.05) is 42.4 Å². The van der Waals surface area contributed by atoms with E-state index in [4.69, 9.17) is 4.74 Å². The monoisotopic (exact) mass is 479 g/mol. The maximum absolute atomic E-state index is 12.7. The molecule has 0 spiro atoms. The lowest BCUT2D eigenvalue weighted by molar-refractivity contribution is 0.0531. The van der Waals surface area contributed by atoms with E-state index in [-0.39, 0.29) is 17.4 Å². The lowest BCUT2D eigenvalue weighted by atomic mass is 9.96. The molecule has 0 saturated heterocycles. The van der Waals surface area contributed by atoms with Crippen molar-refractivity contribution in [1.82, 2.24) is 20.2 Å². The highest BCUT2D eigenvalue weighted by Gasteiger charge is 2.22. The number of thiophene rings is 1. The molecule has 0 amide bonds. The number of nitrogens with one attached hydrogen (secondary N) is 2. The van der Waals surface area contributed by atoms with Crippen molar-refractivity contribution >= 4 is 55.8 Å². The van der Waals surface area contributed by atoms with Crippen molar-refractivity contribution < 1.29 is 9.53 Å². The number of fused-ring (bicyclic) bond motifs is 1. The van der Waals surface area contributed by atoms with Crippen LogP contribution in [0, 0.1) is 6.92 Å². The summed E-state index contributed by atoms with van der Waals surface area (Å²) in [5, 5.41) is 13.2. The number of hydrogen-bond acceptors (Lipinski definition) is 10. The van der Waals surface area contributed by atoms with E-state index in [0.717, 1.165) is 9.47 Å². The molecule has 3 aromatic rings. The van der Waals surface area contributed by atoms with Crippen LogP contribution >= 0.6 is 34.4 Å². The predicted molar refractivity (Wildman–Crippen MR) is 126 cm³/mol. The molecule has 1 atom stereocenters. The third kappa shape index (κ3) is 4.93. The summed E-state index contributed by atoms with van der Waals surface area (Å²) in [6.07, 6.45) is 6.19. The van der Waals surface area contributed by atoms with Gasteiger partial charge in [-0.3, -0.25) is 4.79 Å². The average molecular weight is 480 g/mol. The molecule has 3 aromatic heterocycles. The second-order valence-corrected chi connectivity index (χ2v) is 11.1. The first kappa shape index (κ1) is 22.2. The Labute approximate surface area is 192 Å². The van der Waals surface area contributed by atoms with Gasteiger partial charge in [-0.2, -0.15) is 0 Å². The molecule has 1 saturated carbocycles. The first-order valence-electron chi connectivity index (χ1n) is 10.4. The summed E-state index contributed by atoms with van der Waals surface area (Å²) in [5.74, 6) is 0.134. The van der Waals surface area contributed by atoms with E-state index in [1.54, 1.807) is 13.8 Å². The van der Waals surface area contributed by atoms with Crippen LogP contribution in [-0.4, -0.2) is 38.8 Å². The van der Waals surface area contributed by atoms with Crippen LogP contribution in [0.4, 0.5) is 5.13 Å². The summed E-state index contributed by atoms with van der Waals surface area (Å²) < 4.78 is 5.92. The van der Waals surface area contributed by atoms with Crippen molar-refractivity contribution in [2.75, 3.05) is 11.9 Å². The molecule has 31 heavy (non-hydrogen) atoms. The molecule has 166 valence electrons. The van der Waals surface area contributed by atoms with E-state index >= 15 is 0 Å². The lowest BCUT2D eigenvalue weighted by Crippen LogP contribution is -2.21. The van der Waals surface area contributed by atoms with Gasteiger partial charge >= 0.3 is 5.97 Å². The SMILES string of the molecule is CCOC(=O)c1sc2nc(C(C)Sc3nnc(NC4CCCCC4)s3)[nH]c(=O)c2c1C. The standard InChI is InChI=1S/C20H25N5O3S3/c1-4-28-18(27)14-10(2)13-16(26)22-15(23-17(13)30-14)11(3)29-20-25-24-19(31-20)21-12-8-6-5-7-9-12/h11-12H,4-9H2,1-3H3,(H,21,24)(H,22,23,26). The molecule has 0 radical (unpaired) electrons. The van der Waals surface area contributed by atoms with Crippen LogP contribution in [0.5, 0.6) is 0 Å². The van der Waals surface area contributed by atoms with Gasteiger partial charge in [0.25, 0.3) is 5.56 Å². The number of carbonyl (C=O) groups excluding carboxylic acids is 1. The maximum atomic E-state index is 12.7. The Balaban J connectivity index is 1.51. The quantitative estimate of drug-likeness (QED) is 0.363. The molecule has 1 unspecified atom stereocenters. The number of anilines is 1. The van der Waals surface area contributed by atoms with E-state index in [0.29, 0.717) is 32.5 Å². The van der Waals surface area contributed by atoms with Crippen molar-refractivity contribution in [2.24, 2.45) is 0 Å². The predicted octanol–water partition coefficient (Wildman–Crippen LogP) is 4.92. The van der Waals surface area contributed by atoms with E-state index < -0.39 is 5.97 Å². The maximum Gasteiger partial charge on any atom is 0.348 e. The average Bonchev–Trinajstić information content (AvgIpc) is 3.33. The van der Waals surface area contributed by atoms with Gasteiger partial charge in [-0.15, -0.1) is 21.5 Å². The van der Waals surface area contributed by atoms with E-state index in [2.05, 4.69) is 25.5 Å². The number of carbonyl (C=O) groups is 1. The highest BCUT2D eigenvalue weighted by molar-refractivity contribution is 8.01. The Kier molecular flexibility index (Phi) is 6.92. The summed E-state index contributed by atoms with van der Waals surface area (Å²) in [6.45, 7) is 5.76. The third-order valence-corrected chi connectivity index (χ3v) is 8.50. The van der Waals surface area contributed by atoms with Crippen molar-refractivity contribution in [3.63, 3.8) is 0 Å². The fourth-order valence-corrected chi connectivity index (χ4v) is 6.80. The molecule has 0 aromatic carbocycles. The highest BCUT2D eigenvalue weighted by atomic mass is 32.2. The Morgan fingerprint density at radius 1 is 1.29 bits per heavy atom. The Bertz CT molecular complexity index is 1130. The fraction of sp³-hybridized carbons (Fsp3) is 0.550. The number of thioether (sulfide) groups is 1. The van der Waals surface area contributed by atoms with Gasteiger partial charge in [0, 0.05) is 6.04 Å². The van der Waals surface area contributed by atoms with Gasteiger partial charge in [0.1, 0.15) is 15.5 Å². The Morgan fingerprint density at radius 2 is 2.06 bits per heavy atom. The summed E-state index contributed by atoms with van der Waals surface area (Å²) in [4.78, 5) is 33.4. The zero-order valence-corrected chi connectivity index (χ0v) is 20.1. The van der Waals surface area contributed by atoms with Gasteiger partial charge in [0.15, 0.2) is 4.34 Å². The van der Waals surface area contributed by atoms with Gasteiger partial charge in [-0.05, 0) is 39.2 Å². The molecule has 2 N–H and O–H groups in total. The van der Waals surface area contributed by atoms with Crippen LogP contribution in [-0.2, 0) is 4.74 Å². The number of rotatable bonds is 7. The first-order chi connectivity index (χ1) is 15.0. The fourth-order valence-electron chi connectivity index (χ4n) is 3.69. The van der Waals surface area contributed by atoms with Gasteiger partial charge in [0.05, 0.1) is 17.2 Å². The minimum absolute atomic E-state index is 0.124. The molecular weight excluding hydrogens is 454 g/mol. The number of esters is 1. The van der Waals surface area contributed by atoms with Crippen molar-refractivity contribution in [1.29, 1.82) is 0 Å². The van der Waals surface area contributed by atoms with Gasteiger partial charge in [-0.25, -0.2) is 9.78 Å². The topological polar surface area (TPSA) is 110 Å². The number of ether oxygens (including phenoxy) is 1. The molecular formula is C20H25N5O3S3. The summed E-state index contributed by atoms with van der Waals surface area (Å²) in [7, 11) is 0. The first-order valence-corrected chi connectivity index (χ1v) is 12.9. The van der Waals surface area contributed by atoms with Crippen LogP contribution < -0.4 is 10.9 Å². The van der Waals surface area contributed by atoms with Gasteiger partial charge < -0.3 is 15.0 Å². The van der Waals surface area contributed by atoms with Crippen molar-refractivity contribution in [2.45, 2.75) is 68.5 Å². The number of aromatic nitrogens is 4. The smallest absolute Gasteiger partial charge is 0.348 e. The zero-order valence-electron chi connectivity index (χ0n) is 17.7. The molecule has 8 nitrogen and oxygen atoms in total. The largest absolute Gasteiger partial charge is 0.462 e. The molecule has 11 heteroatoms. The third-order valence-electron chi connectivity index (χ3n) is 5.28. The van der Waals surface area contributed by atoms with Crippen molar-refractivity contribution in [3.05, 3.63) is 26.6 Å². The second-order valence-electron chi connectivity index (χ2n) is 7.52. The number of H-pyrrole nitrogens is 1. The van der Waals surface area contributed by atoms with Gasteiger partial charge in [0.2, 0.25) is 5.13 Å². The molecule has 3 heterocycles. The Morgan fingerprint density at radius 3 is 2.81 bits per heavy atom. The van der Waals surface area contributed by atoms with Crippen LogP contribution in [0.25, 0.3) is 10.2 Å². The number of nitrogens with zero attached hydrogens (tertiary/aromatic N) is 3. The highest BCUT2D eigenvalue weighted by Crippen LogP contribution is 2.37. The Hall–Kier alpha value is -1.98. The van der Waals surface area contributed by atoms with Crippen molar-refractivity contribution in [3.8, 4) is 0 Å². The molecule has 0 bridgehead atoms.